The van der Waals surface area contributed by atoms with Gasteiger partial charge in [-0.15, -0.1) is 0 Å². The molecule has 2 N–H and O–H groups in total. The van der Waals surface area contributed by atoms with Gasteiger partial charge in [0.15, 0.2) is 0 Å². The van der Waals surface area contributed by atoms with Gasteiger partial charge in [0, 0.05) is 19.1 Å². The number of hydrogen-bond acceptors (Lipinski definition) is 3. The van der Waals surface area contributed by atoms with E-state index in [9.17, 15) is 4.79 Å². The third-order valence-corrected chi connectivity index (χ3v) is 3.77. The van der Waals surface area contributed by atoms with Crippen molar-refractivity contribution in [1.29, 1.82) is 0 Å². The molecule has 0 spiro atoms. The molecule has 1 unspecified atom stereocenters. The van der Waals surface area contributed by atoms with Crippen molar-refractivity contribution in [2.24, 2.45) is 5.92 Å². The molecule has 0 aromatic heterocycles. The highest BCUT2D eigenvalue weighted by Gasteiger charge is 2.21. The van der Waals surface area contributed by atoms with Crippen LogP contribution >= 0.6 is 0 Å². The molecule has 1 saturated carbocycles. The largest absolute Gasteiger partial charge is 0.355 e. The fourth-order valence-corrected chi connectivity index (χ4v) is 2.35. The molecule has 4 heteroatoms. The lowest BCUT2D eigenvalue weighted by Gasteiger charge is -2.23. The van der Waals surface area contributed by atoms with Crippen LogP contribution < -0.4 is 10.6 Å². The van der Waals surface area contributed by atoms with Crippen LogP contribution in [0.2, 0.25) is 0 Å². The Morgan fingerprint density at radius 2 is 2.06 bits per heavy atom. The topological polar surface area (TPSA) is 44.4 Å². The number of likely N-dealkylation sites (tertiary alicyclic amines) is 1. The minimum atomic E-state index is 0.144. The van der Waals surface area contributed by atoms with Gasteiger partial charge >= 0.3 is 0 Å². The SMILES string of the molecule is CC(CNCC(=O)NCC1CC1)N1CCCC1. The maximum atomic E-state index is 11.5. The van der Waals surface area contributed by atoms with Gasteiger partial charge in [0.2, 0.25) is 5.91 Å². The Balaban J connectivity index is 1.50. The molecule has 1 atom stereocenters. The van der Waals surface area contributed by atoms with E-state index in [1.807, 2.05) is 0 Å². The molecule has 1 aliphatic heterocycles. The van der Waals surface area contributed by atoms with Crippen LogP contribution in [0.5, 0.6) is 0 Å². The van der Waals surface area contributed by atoms with Crippen molar-refractivity contribution in [1.82, 2.24) is 15.5 Å². The summed E-state index contributed by atoms with van der Waals surface area (Å²) in [5.74, 6) is 0.910. The van der Waals surface area contributed by atoms with Crippen LogP contribution in [0.25, 0.3) is 0 Å². The summed E-state index contributed by atoms with van der Waals surface area (Å²) in [6, 6.07) is 0.550. The van der Waals surface area contributed by atoms with Crippen molar-refractivity contribution in [2.45, 2.75) is 38.6 Å². The summed E-state index contributed by atoms with van der Waals surface area (Å²) in [6.07, 6.45) is 5.23. The second-order valence-corrected chi connectivity index (χ2v) is 5.47. The van der Waals surface area contributed by atoms with Crippen LogP contribution in [0.4, 0.5) is 0 Å². The molecule has 1 heterocycles. The maximum absolute atomic E-state index is 11.5. The summed E-state index contributed by atoms with van der Waals surface area (Å²) < 4.78 is 0. The molecule has 17 heavy (non-hydrogen) atoms. The Morgan fingerprint density at radius 3 is 2.71 bits per heavy atom. The van der Waals surface area contributed by atoms with Gasteiger partial charge in [0.1, 0.15) is 0 Å². The number of carbonyl (C=O) groups excluding carboxylic acids is 1. The van der Waals surface area contributed by atoms with Crippen molar-refractivity contribution in [2.75, 3.05) is 32.7 Å². The number of carbonyl (C=O) groups is 1. The van der Waals surface area contributed by atoms with Gasteiger partial charge in [-0.05, 0) is 51.6 Å². The highest BCUT2D eigenvalue weighted by molar-refractivity contribution is 5.77. The van der Waals surface area contributed by atoms with Crippen LogP contribution in [-0.4, -0.2) is 49.6 Å². The molecule has 98 valence electrons. The summed E-state index contributed by atoms with van der Waals surface area (Å²) in [7, 11) is 0. The van der Waals surface area contributed by atoms with Crippen LogP contribution in [0.3, 0.4) is 0 Å². The second kappa shape index (κ2) is 6.36. The normalized spacial score (nSPS) is 22.6. The summed E-state index contributed by atoms with van der Waals surface area (Å²) in [6.45, 7) is 6.93. The zero-order valence-electron chi connectivity index (χ0n) is 10.9. The van der Waals surface area contributed by atoms with E-state index < -0.39 is 0 Å². The predicted octanol–water partition coefficient (Wildman–Crippen LogP) is 0.587. The van der Waals surface area contributed by atoms with E-state index in [0.717, 1.165) is 19.0 Å². The van der Waals surface area contributed by atoms with Crippen LogP contribution in [-0.2, 0) is 4.79 Å². The highest BCUT2D eigenvalue weighted by Crippen LogP contribution is 2.27. The van der Waals surface area contributed by atoms with Crippen molar-refractivity contribution in [3.05, 3.63) is 0 Å². The number of amides is 1. The maximum Gasteiger partial charge on any atom is 0.233 e. The molecule has 0 bridgehead atoms. The Morgan fingerprint density at radius 1 is 1.35 bits per heavy atom. The first-order chi connectivity index (χ1) is 8.25. The number of rotatable bonds is 7. The molecule has 1 amide bonds. The Bertz CT molecular complexity index is 247. The number of nitrogens with zero attached hydrogens (tertiary/aromatic N) is 1. The third-order valence-electron chi connectivity index (χ3n) is 3.77. The lowest BCUT2D eigenvalue weighted by atomic mass is 10.3. The van der Waals surface area contributed by atoms with Crippen molar-refractivity contribution < 1.29 is 4.79 Å². The standard InChI is InChI=1S/C13H25N3O/c1-11(16-6-2-3-7-16)8-14-10-13(17)15-9-12-4-5-12/h11-12,14H,2-10H2,1H3,(H,15,17). The zero-order chi connectivity index (χ0) is 12.1. The average molecular weight is 239 g/mol. The fraction of sp³-hybridized carbons (Fsp3) is 0.923. The van der Waals surface area contributed by atoms with Gasteiger partial charge in [-0.1, -0.05) is 0 Å². The van der Waals surface area contributed by atoms with E-state index in [1.54, 1.807) is 0 Å². The predicted molar refractivity (Wildman–Crippen MR) is 68.9 cm³/mol. The summed E-state index contributed by atoms with van der Waals surface area (Å²) >= 11 is 0. The Labute approximate surface area is 104 Å². The van der Waals surface area contributed by atoms with E-state index in [-0.39, 0.29) is 5.91 Å². The summed E-state index contributed by atoms with van der Waals surface area (Å²) in [4.78, 5) is 14.0. The van der Waals surface area contributed by atoms with Gasteiger partial charge in [0.25, 0.3) is 0 Å². The average Bonchev–Trinajstić information content (AvgIpc) is 2.98. The zero-order valence-corrected chi connectivity index (χ0v) is 10.9. The van der Waals surface area contributed by atoms with E-state index in [1.165, 1.54) is 38.8 Å². The van der Waals surface area contributed by atoms with Crippen molar-refractivity contribution >= 4 is 5.91 Å². The quantitative estimate of drug-likeness (QED) is 0.683. The Hall–Kier alpha value is -0.610. The molecular weight excluding hydrogens is 214 g/mol. The minimum absolute atomic E-state index is 0.144. The van der Waals surface area contributed by atoms with Crippen LogP contribution in [0.1, 0.15) is 32.6 Å². The first-order valence-electron chi connectivity index (χ1n) is 6.97. The molecule has 1 saturated heterocycles. The number of nitrogens with one attached hydrogen (secondary N) is 2. The molecule has 0 aromatic rings. The van der Waals surface area contributed by atoms with Gasteiger partial charge in [0.05, 0.1) is 6.54 Å². The minimum Gasteiger partial charge on any atom is -0.355 e. The third kappa shape index (κ3) is 4.64. The van der Waals surface area contributed by atoms with E-state index in [4.69, 9.17) is 0 Å². The lowest BCUT2D eigenvalue weighted by molar-refractivity contribution is -0.120. The van der Waals surface area contributed by atoms with Crippen LogP contribution in [0, 0.1) is 5.92 Å². The monoisotopic (exact) mass is 239 g/mol. The molecule has 4 nitrogen and oxygen atoms in total. The molecule has 2 aliphatic rings. The molecular formula is C13H25N3O. The molecule has 0 aromatic carbocycles. The molecule has 1 aliphatic carbocycles. The van der Waals surface area contributed by atoms with Gasteiger partial charge in [-0.25, -0.2) is 0 Å². The summed E-state index contributed by atoms with van der Waals surface area (Å²) in [5, 5.41) is 6.23. The number of hydrogen-bond donors (Lipinski definition) is 2. The van der Waals surface area contributed by atoms with Crippen LogP contribution in [0.15, 0.2) is 0 Å². The van der Waals surface area contributed by atoms with Gasteiger partial charge in [-0.3, -0.25) is 9.69 Å². The molecule has 2 rings (SSSR count). The van der Waals surface area contributed by atoms with Gasteiger partial charge < -0.3 is 10.6 Å². The first kappa shape index (κ1) is 12.8. The van der Waals surface area contributed by atoms with Crippen molar-refractivity contribution in [3.63, 3.8) is 0 Å². The van der Waals surface area contributed by atoms with E-state index >= 15 is 0 Å². The second-order valence-electron chi connectivity index (χ2n) is 5.47. The highest BCUT2D eigenvalue weighted by atomic mass is 16.1. The van der Waals surface area contributed by atoms with E-state index in [0.29, 0.717) is 12.6 Å². The first-order valence-corrected chi connectivity index (χ1v) is 6.97. The Kier molecular flexibility index (Phi) is 4.80. The molecule has 0 radical (unpaired) electrons. The van der Waals surface area contributed by atoms with Gasteiger partial charge in [-0.2, -0.15) is 0 Å². The molecule has 2 fully saturated rings. The van der Waals surface area contributed by atoms with E-state index in [2.05, 4.69) is 22.5 Å². The lowest BCUT2D eigenvalue weighted by Crippen LogP contribution is -2.42. The van der Waals surface area contributed by atoms with Crippen molar-refractivity contribution in [3.8, 4) is 0 Å². The smallest absolute Gasteiger partial charge is 0.233 e. The fourth-order valence-electron chi connectivity index (χ4n) is 2.35. The summed E-state index contributed by atoms with van der Waals surface area (Å²) in [5.41, 5.74) is 0.